The lowest BCUT2D eigenvalue weighted by molar-refractivity contribution is -0.356. The van der Waals surface area contributed by atoms with E-state index >= 15 is 0 Å². The topological polar surface area (TPSA) is 199 Å². The number of hydrogen-bond donors (Lipinski definition) is 8. The summed E-state index contributed by atoms with van der Waals surface area (Å²) in [4.78, 5) is 0. The minimum absolute atomic E-state index is 0.0164. The first-order valence-corrected chi connectivity index (χ1v) is 10.2. The van der Waals surface area contributed by atoms with E-state index in [9.17, 15) is 40.9 Å². The molecule has 10 unspecified atom stereocenters. The van der Waals surface area contributed by atoms with Gasteiger partial charge in [0.2, 0.25) is 0 Å². The lowest BCUT2D eigenvalue weighted by Crippen LogP contribution is -2.64. The van der Waals surface area contributed by atoms with Gasteiger partial charge in [-0.05, 0) is 31.0 Å². The smallest absolute Gasteiger partial charge is 0.187 e. The average molecular weight is 462 g/mol. The van der Waals surface area contributed by atoms with Crippen LogP contribution in [-0.2, 0) is 25.4 Å². The Morgan fingerprint density at radius 1 is 0.875 bits per heavy atom. The Kier molecular flexibility index (Phi) is 8.27. The minimum Gasteiger partial charge on any atom is -0.504 e. The van der Waals surface area contributed by atoms with Crippen LogP contribution >= 0.6 is 0 Å². The van der Waals surface area contributed by atoms with E-state index in [1.54, 1.807) is 6.07 Å². The Bertz CT molecular complexity index is 747. The molecule has 0 aliphatic carbocycles. The summed E-state index contributed by atoms with van der Waals surface area (Å²) in [5.74, 6) is -0.575. The van der Waals surface area contributed by atoms with Gasteiger partial charge in [0.25, 0.3) is 0 Å². The molecule has 2 heterocycles. The van der Waals surface area contributed by atoms with Crippen LogP contribution < -0.4 is 0 Å². The van der Waals surface area contributed by atoms with Crippen molar-refractivity contribution >= 4 is 0 Å². The summed E-state index contributed by atoms with van der Waals surface area (Å²) in [7, 11) is 0. The third kappa shape index (κ3) is 5.31. The first kappa shape index (κ1) is 25.1. The zero-order chi connectivity index (χ0) is 23.6. The van der Waals surface area contributed by atoms with Gasteiger partial charge in [-0.3, -0.25) is 0 Å². The van der Waals surface area contributed by atoms with Crippen LogP contribution in [0.3, 0.4) is 0 Å². The SMILES string of the molecule is CC1OC(OC2C(O)C(CO)OC(O)C2OCCc2ccc(O)c(O)c2)C(O)C(O)C1O. The molecular weight excluding hydrogens is 432 g/mol. The summed E-state index contributed by atoms with van der Waals surface area (Å²) < 4.78 is 21.9. The lowest BCUT2D eigenvalue weighted by Gasteiger charge is -2.46. The number of rotatable bonds is 7. The summed E-state index contributed by atoms with van der Waals surface area (Å²) in [6.45, 7) is 0.809. The van der Waals surface area contributed by atoms with Crippen molar-refractivity contribution in [1.29, 1.82) is 0 Å². The highest BCUT2D eigenvalue weighted by atomic mass is 16.7. The predicted octanol–water partition coefficient (Wildman–Crippen LogP) is -2.69. The van der Waals surface area contributed by atoms with Crippen LogP contribution in [0.1, 0.15) is 12.5 Å². The van der Waals surface area contributed by atoms with Gasteiger partial charge >= 0.3 is 0 Å². The number of aliphatic hydroxyl groups excluding tert-OH is 6. The Morgan fingerprint density at radius 3 is 2.25 bits per heavy atom. The molecule has 0 saturated carbocycles. The van der Waals surface area contributed by atoms with Crippen molar-refractivity contribution in [3.8, 4) is 11.5 Å². The fourth-order valence-electron chi connectivity index (χ4n) is 3.71. The molecule has 0 amide bonds. The molecule has 2 fully saturated rings. The molecule has 2 saturated heterocycles. The predicted molar refractivity (Wildman–Crippen MR) is 104 cm³/mol. The molecule has 1 aromatic carbocycles. The zero-order valence-corrected chi connectivity index (χ0v) is 17.3. The van der Waals surface area contributed by atoms with E-state index in [4.69, 9.17) is 18.9 Å². The summed E-state index contributed by atoms with van der Waals surface area (Å²) in [5, 5.41) is 79.4. The second-order valence-corrected chi connectivity index (χ2v) is 7.93. The fraction of sp³-hybridized carbons (Fsp3) is 0.700. The van der Waals surface area contributed by atoms with Gasteiger partial charge in [0, 0.05) is 0 Å². The van der Waals surface area contributed by atoms with E-state index < -0.39 is 68.0 Å². The van der Waals surface area contributed by atoms with Crippen LogP contribution in [0, 0.1) is 0 Å². The number of aliphatic hydroxyl groups is 6. The highest BCUT2D eigenvalue weighted by molar-refractivity contribution is 5.40. The van der Waals surface area contributed by atoms with Crippen LogP contribution in [0.2, 0.25) is 0 Å². The maximum Gasteiger partial charge on any atom is 0.187 e. The van der Waals surface area contributed by atoms with E-state index in [2.05, 4.69) is 0 Å². The second kappa shape index (κ2) is 10.6. The molecule has 12 heteroatoms. The monoisotopic (exact) mass is 462 g/mol. The van der Waals surface area contributed by atoms with Crippen molar-refractivity contribution in [3.05, 3.63) is 23.8 Å². The van der Waals surface area contributed by atoms with E-state index in [1.165, 1.54) is 19.1 Å². The number of phenols is 2. The first-order chi connectivity index (χ1) is 15.1. The molecule has 8 N–H and O–H groups in total. The summed E-state index contributed by atoms with van der Waals surface area (Å²) >= 11 is 0. The molecule has 2 aliphatic rings. The van der Waals surface area contributed by atoms with Crippen molar-refractivity contribution in [1.82, 2.24) is 0 Å². The van der Waals surface area contributed by atoms with Crippen LogP contribution in [-0.4, -0.2) is 115 Å². The summed E-state index contributed by atoms with van der Waals surface area (Å²) in [6.07, 6.45) is -13.6. The molecule has 182 valence electrons. The highest BCUT2D eigenvalue weighted by Gasteiger charge is 2.50. The molecule has 3 rings (SSSR count). The summed E-state index contributed by atoms with van der Waals surface area (Å²) in [5.41, 5.74) is 0.620. The lowest BCUT2D eigenvalue weighted by atomic mass is 9.97. The number of hydrogen-bond acceptors (Lipinski definition) is 12. The van der Waals surface area contributed by atoms with Gasteiger partial charge in [-0.1, -0.05) is 6.07 Å². The van der Waals surface area contributed by atoms with Crippen molar-refractivity contribution in [2.45, 2.75) is 74.8 Å². The number of ether oxygens (including phenoxy) is 4. The standard InChI is InChI=1S/C20H30O12/c1-8-13(24)15(26)16(27)20(30-8)32-17-14(25)12(7-21)31-19(28)18(17)29-5-4-9-2-3-10(22)11(23)6-9/h2-3,6,8,12-28H,4-5,7H2,1H3. The molecule has 0 aromatic heterocycles. The second-order valence-electron chi connectivity index (χ2n) is 7.93. The van der Waals surface area contributed by atoms with E-state index in [1.807, 2.05) is 0 Å². The van der Waals surface area contributed by atoms with Crippen LogP contribution in [0.25, 0.3) is 0 Å². The molecule has 10 atom stereocenters. The van der Waals surface area contributed by atoms with Crippen LogP contribution in [0.5, 0.6) is 11.5 Å². The number of phenolic OH excluding ortho intramolecular Hbond substituents is 2. The minimum atomic E-state index is -1.65. The van der Waals surface area contributed by atoms with Crippen molar-refractivity contribution in [3.63, 3.8) is 0 Å². The Labute approximate surface area is 183 Å². The van der Waals surface area contributed by atoms with E-state index in [0.29, 0.717) is 5.56 Å². The van der Waals surface area contributed by atoms with E-state index in [-0.39, 0.29) is 24.5 Å². The molecule has 0 bridgehead atoms. The molecule has 0 radical (unpaired) electrons. The number of benzene rings is 1. The van der Waals surface area contributed by atoms with Gasteiger partial charge in [-0.2, -0.15) is 0 Å². The Morgan fingerprint density at radius 2 is 1.59 bits per heavy atom. The average Bonchev–Trinajstić information content (AvgIpc) is 2.76. The normalized spacial score (nSPS) is 40.3. The van der Waals surface area contributed by atoms with E-state index in [0.717, 1.165) is 0 Å². The maximum atomic E-state index is 10.6. The Hall–Kier alpha value is -1.58. The molecular formula is C20H30O12. The molecule has 2 aliphatic heterocycles. The van der Waals surface area contributed by atoms with Gasteiger partial charge in [0.05, 0.1) is 19.3 Å². The highest BCUT2D eigenvalue weighted by Crippen LogP contribution is 2.30. The third-order valence-electron chi connectivity index (χ3n) is 5.66. The molecule has 12 nitrogen and oxygen atoms in total. The van der Waals surface area contributed by atoms with Gasteiger partial charge < -0.3 is 59.8 Å². The first-order valence-electron chi connectivity index (χ1n) is 10.2. The largest absolute Gasteiger partial charge is 0.504 e. The number of aromatic hydroxyl groups is 2. The maximum absolute atomic E-state index is 10.6. The molecule has 0 spiro atoms. The fourth-order valence-corrected chi connectivity index (χ4v) is 3.71. The zero-order valence-electron chi connectivity index (χ0n) is 17.3. The van der Waals surface area contributed by atoms with Gasteiger partial charge in [-0.25, -0.2) is 0 Å². The quantitative estimate of drug-likeness (QED) is 0.196. The van der Waals surface area contributed by atoms with Gasteiger partial charge in [-0.15, -0.1) is 0 Å². The molecule has 32 heavy (non-hydrogen) atoms. The van der Waals surface area contributed by atoms with Crippen molar-refractivity contribution < 1.29 is 59.8 Å². The van der Waals surface area contributed by atoms with Crippen LogP contribution in [0.4, 0.5) is 0 Å². The molecule has 1 aromatic rings. The van der Waals surface area contributed by atoms with Gasteiger partial charge in [0.15, 0.2) is 24.1 Å². The van der Waals surface area contributed by atoms with Gasteiger partial charge in [0.1, 0.15) is 42.7 Å². The summed E-state index contributed by atoms with van der Waals surface area (Å²) in [6, 6.07) is 4.22. The Balaban J connectivity index is 1.71. The third-order valence-corrected chi connectivity index (χ3v) is 5.66. The van der Waals surface area contributed by atoms with Crippen LogP contribution in [0.15, 0.2) is 18.2 Å². The van der Waals surface area contributed by atoms with Crippen molar-refractivity contribution in [2.24, 2.45) is 0 Å². The van der Waals surface area contributed by atoms with Crippen molar-refractivity contribution in [2.75, 3.05) is 13.2 Å².